The monoisotopic (exact) mass is 214 g/mol. The molecule has 0 radical (unpaired) electrons. The number of ketones is 1. The first-order chi connectivity index (χ1) is 7.11. The highest BCUT2D eigenvalue weighted by Gasteiger charge is 2.14. The van der Waals surface area contributed by atoms with Crippen LogP contribution in [0.1, 0.15) is 19.3 Å². The summed E-state index contributed by atoms with van der Waals surface area (Å²) in [6.45, 7) is 3.55. The van der Waals surface area contributed by atoms with Gasteiger partial charge in [0.15, 0.2) is 12.4 Å². The highest BCUT2D eigenvalue weighted by molar-refractivity contribution is 5.91. The first kappa shape index (κ1) is 13.8. The molecule has 0 spiro atoms. The predicted octanol–water partition coefficient (Wildman–Crippen LogP) is -0.259. The Morgan fingerprint density at radius 3 is 2.60 bits per heavy atom. The summed E-state index contributed by atoms with van der Waals surface area (Å²) in [5, 5.41) is 0. The molecule has 1 atom stereocenters. The second kappa shape index (κ2) is 8.14. The third-order valence-corrected chi connectivity index (χ3v) is 1.86. The zero-order valence-electron chi connectivity index (χ0n) is 8.78. The summed E-state index contributed by atoms with van der Waals surface area (Å²) >= 11 is 0. The Kier molecular flexibility index (Phi) is 7.49. The van der Waals surface area contributed by atoms with Crippen molar-refractivity contribution in [2.24, 2.45) is 11.5 Å². The van der Waals surface area contributed by atoms with E-state index >= 15 is 0 Å². The van der Waals surface area contributed by atoms with Gasteiger partial charge in [-0.05, 0) is 25.5 Å². The third-order valence-electron chi connectivity index (χ3n) is 1.86. The van der Waals surface area contributed by atoms with E-state index in [2.05, 4.69) is 11.3 Å². The number of carbonyl (C=O) groups excluding carboxylic acids is 2. The van der Waals surface area contributed by atoms with E-state index in [4.69, 9.17) is 11.5 Å². The number of hydrogen-bond acceptors (Lipinski definition) is 5. The molecule has 86 valence electrons. The van der Waals surface area contributed by atoms with Gasteiger partial charge in [0.05, 0.1) is 0 Å². The Labute approximate surface area is 89.5 Å². The number of hydrogen-bond donors (Lipinski definition) is 2. The number of nitrogens with two attached hydrogens (primary N) is 2. The van der Waals surface area contributed by atoms with Crippen molar-refractivity contribution in [1.29, 1.82) is 0 Å². The van der Waals surface area contributed by atoms with Crippen LogP contribution < -0.4 is 11.5 Å². The Balaban J connectivity index is 3.69. The highest BCUT2D eigenvalue weighted by atomic mass is 16.5. The summed E-state index contributed by atoms with van der Waals surface area (Å²) < 4.78 is 4.67. The lowest BCUT2D eigenvalue weighted by atomic mass is 10.1. The van der Waals surface area contributed by atoms with Gasteiger partial charge in [0.1, 0.15) is 6.04 Å². The first-order valence-electron chi connectivity index (χ1n) is 4.89. The maximum Gasteiger partial charge on any atom is 0.323 e. The summed E-state index contributed by atoms with van der Waals surface area (Å²) in [5.41, 5.74) is 10.8. The van der Waals surface area contributed by atoms with Gasteiger partial charge >= 0.3 is 5.97 Å². The fourth-order valence-electron chi connectivity index (χ4n) is 0.935. The molecular formula is C10H18N2O3. The van der Waals surface area contributed by atoms with Crippen LogP contribution in [0.15, 0.2) is 12.7 Å². The third kappa shape index (κ3) is 6.82. The standard InChI is InChI=1S/C10H18N2O3/c1-2-8(13)7-15-10(14)9(12)5-3-4-6-11/h2,9H,1,3-7,11-12H2/t9-/m0/s1. The minimum Gasteiger partial charge on any atom is -0.456 e. The number of rotatable bonds is 8. The lowest BCUT2D eigenvalue weighted by Crippen LogP contribution is -2.33. The summed E-state index contributed by atoms with van der Waals surface area (Å²) in [7, 11) is 0. The lowest BCUT2D eigenvalue weighted by Gasteiger charge is -2.09. The quantitative estimate of drug-likeness (QED) is 0.330. The fourth-order valence-corrected chi connectivity index (χ4v) is 0.935. The van der Waals surface area contributed by atoms with Crippen molar-refractivity contribution in [2.45, 2.75) is 25.3 Å². The van der Waals surface area contributed by atoms with E-state index in [1.165, 1.54) is 0 Å². The van der Waals surface area contributed by atoms with Gasteiger partial charge in [0, 0.05) is 0 Å². The van der Waals surface area contributed by atoms with Crippen molar-refractivity contribution in [3.63, 3.8) is 0 Å². The lowest BCUT2D eigenvalue weighted by molar-refractivity contribution is -0.148. The molecule has 0 aliphatic heterocycles. The van der Waals surface area contributed by atoms with Crippen LogP contribution in [-0.4, -0.2) is 30.9 Å². The molecule has 0 aromatic heterocycles. The van der Waals surface area contributed by atoms with Crippen molar-refractivity contribution < 1.29 is 14.3 Å². The molecule has 0 unspecified atom stereocenters. The van der Waals surface area contributed by atoms with Crippen LogP contribution in [0.5, 0.6) is 0 Å². The van der Waals surface area contributed by atoms with Gasteiger partial charge in [-0.25, -0.2) is 0 Å². The molecule has 0 saturated carbocycles. The van der Waals surface area contributed by atoms with Crippen molar-refractivity contribution in [3.8, 4) is 0 Å². The molecule has 4 N–H and O–H groups in total. The average Bonchev–Trinajstić information content (AvgIpc) is 2.25. The van der Waals surface area contributed by atoms with E-state index in [-0.39, 0.29) is 12.4 Å². The number of esters is 1. The van der Waals surface area contributed by atoms with Crippen molar-refractivity contribution in [3.05, 3.63) is 12.7 Å². The molecule has 0 aromatic carbocycles. The van der Waals surface area contributed by atoms with Crippen LogP contribution in [-0.2, 0) is 14.3 Å². The maximum absolute atomic E-state index is 11.2. The van der Waals surface area contributed by atoms with Gasteiger partial charge in [-0.1, -0.05) is 13.0 Å². The van der Waals surface area contributed by atoms with Crippen LogP contribution in [0.25, 0.3) is 0 Å². The van der Waals surface area contributed by atoms with E-state index in [1.807, 2.05) is 0 Å². The van der Waals surface area contributed by atoms with E-state index in [1.54, 1.807) is 0 Å². The first-order valence-corrected chi connectivity index (χ1v) is 4.89. The molecular weight excluding hydrogens is 196 g/mol. The zero-order valence-corrected chi connectivity index (χ0v) is 8.78. The SMILES string of the molecule is C=CC(=O)COC(=O)[C@@H](N)CCCCN. The summed E-state index contributed by atoms with van der Waals surface area (Å²) in [4.78, 5) is 21.9. The van der Waals surface area contributed by atoms with E-state index < -0.39 is 12.0 Å². The van der Waals surface area contributed by atoms with Gasteiger partial charge in [-0.15, -0.1) is 0 Å². The number of ether oxygens (including phenoxy) is 1. The summed E-state index contributed by atoms with van der Waals surface area (Å²) in [6.07, 6.45) is 3.24. The Morgan fingerprint density at radius 2 is 2.07 bits per heavy atom. The maximum atomic E-state index is 11.2. The van der Waals surface area contributed by atoms with Crippen molar-refractivity contribution >= 4 is 11.8 Å². The Bertz CT molecular complexity index is 229. The van der Waals surface area contributed by atoms with Crippen molar-refractivity contribution in [2.75, 3.05) is 13.2 Å². The zero-order chi connectivity index (χ0) is 11.7. The van der Waals surface area contributed by atoms with Crippen LogP contribution >= 0.6 is 0 Å². The number of unbranched alkanes of at least 4 members (excludes halogenated alkanes) is 1. The Morgan fingerprint density at radius 1 is 1.40 bits per heavy atom. The van der Waals surface area contributed by atoms with E-state index in [0.29, 0.717) is 13.0 Å². The molecule has 0 amide bonds. The molecule has 0 aliphatic rings. The molecule has 0 heterocycles. The van der Waals surface area contributed by atoms with Gasteiger partial charge in [0.25, 0.3) is 0 Å². The molecule has 0 fully saturated rings. The highest BCUT2D eigenvalue weighted by Crippen LogP contribution is 1.99. The normalized spacial score (nSPS) is 11.9. The van der Waals surface area contributed by atoms with Crippen LogP contribution in [0.3, 0.4) is 0 Å². The molecule has 0 rings (SSSR count). The number of carbonyl (C=O) groups is 2. The van der Waals surface area contributed by atoms with Gasteiger partial charge in [-0.2, -0.15) is 0 Å². The summed E-state index contributed by atoms with van der Waals surface area (Å²) in [6, 6.07) is -0.672. The predicted molar refractivity (Wildman–Crippen MR) is 57.0 cm³/mol. The molecule has 0 saturated heterocycles. The Hall–Kier alpha value is -1.20. The molecule has 0 aromatic rings. The van der Waals surface area contributed by atoms with Gasteiger partial charge in [0.2, 0.25) is 0 Å². The average molecular weight is 214 g/mol. The minimum atomic E-state index is -0.672. The molecule has 5 heteroatoms. The molecule has 0 aliphatic carbocycles. The van der Waals surface area contributed by atoms with Gasteiger partial charge in [-0.3, -0.25) is 9.59 Å². The topological polar surface area (TPSA) is 95.4 Å². The molecule has 0 bridgehead atoms. The minimum absolute atomic E-state index is 0.285. The fraction of sp³-hybridized carbons (Fsp3) is 0.600. The summed E-state index contributed by atoms with van der Waals surface area (Å²) in [5.74, 6) is -0.889. The van der Waals surface area contributed by atoms with Crippen LogP contribution in [0.2, 0.25) is 0 Å². The smallest absolute Gasteiger partial charge is 0.323 e. The van der Waals surface area contributed by atoms with E-state index in [0.717, 1.165) is 18.9 Å². The largest absolute Gasteiger partial charge is 0.456 e. The van der Waals surface area contributed by atoms with Crippen molar-refractivity contribution in [1.82, 2.24) is 0 Å². The molecule has 15 heavy (non-hydrogen) atoms. The molecule has 5 nitrogen and oxygen atoms in total. The van der Waals surface area contributed by atoms with Gasteiger partial charge < -0.3 is 16.2 Å². The van der Waals surface area contributed by atoms with Crippen LogP contribution in [0.4, 0.5) is 0 Å². The van der Waals surface area contributed by atoms with E-state index in [9.17, 15) is 9.59 Å². The second-order valence-corrected chi connectivity index (χ2v) is 3.17. The van der Waals surface area contributed by atoms with Crippen LogP contribution in [0, 0.1) is 0 Å². The second-order valence-electron chi connectivity index (χ2n) is 3.17.